The molecular weight excluding hydrogens is 496 g/mol. The van der Waals surface area contributed by atoms with Crippen molar-refractivity contribution in [3.05, 3.63) is 89.7 Å². The summed E-state index contributed by atoms with van der Waals surface area (Å²) in [6, 6.07) is 7.21. The van der Waals surface area contributed by atoms with Crippen molar-refractivity contribution < 1.29 is 17.6 Å². The molecule has 2 N–H and O–H groups in total. The summed E-state index contributed by atoms with van der Waals surface area (Å²) in [7, 11) is 0. The quantitative estimate of drug-likeness (QED) is 0.251. The third-order valence-electron chi connectivity index (χ3n) is 6.86. The van der Waals surface area contributed by atoms with Gasteiger partial charge in [-0.3, -0.25) is 0 Å². The number of aliphatic imine (C=N–C) groups is 1. The fraction of sp³-hybridized carbons (Fsp3) is 0.357. The zero-order valence-corrected chi connectivity index (χ0v) is 21.7. The molecule has 0 amide bonds. The standard InChI is InChI=1S/C28H32F4N6/c1-18-16-22(9-10-24(18)29)25(33)17-26(35-21(4)38-19(2)7-8-20(38)3)36-12-14-37(15-13-36)27-23(28(30,31)32)6-5-11-34-27/h5-11,16-17,19-20H,4,12-15,33H2,1-3H3/b25-17-,35-26+. The lowest BCUT2D eigenvalue weighted by Crippen LogP contribution is -2.49. The molecule has 2 aromatic rings. The number of amidine groups is 1. The maximum atomic E-state index is 13.8. The van der Waals surface area contributed by atoms with E-state index < -0.39 is 11.7 Å². The van der Waals surface area contributed by atoms with E-state index in [1.165, 1.54) is 18.3 Å². The number of nitrogens with zero attached hydrogens (tertiary/aromatic N) is 5. The molecule has 1 aromatic carbocycles. The zero-order valence-electron chi connectivity index (χ0n) is 21.7. The van der Waals surface area contributed by atoms with Gasteiger partial charge in [-0.2, -0.15) is 13.2 Å². The van der Waals surface area contributed by atoms with Crippen molar-refractivity contribution in [2.75, 3.05) is 31.1 Å². The number of hydrogen-bond acceptors (Lipinski definition) is 5. The number of rotatable bonds is 5. The summed E-state index contributed by atoms with van der Waals surface area (Å²) in [5.41, 5.74) is 7.18. The first-order chi connectivity index (χ1) is 18.0. The van der Waals surface area contributed by atoms with E-state index in [4.69, 9.17) is 10.7 Å². The molecule has 2 aliphatic heterocycles. The summed E-state index contributed by atoms with van der Waals surface area (Å²) in [5.74, 6) is 0.690. The smallest absolute Gasteiger partial charge is 0.398 e. The predicted octanol–water partition coefficient (Wildman–Crippen LogP) is 5.19. The summed E-state index contributed by atoms with van der Waals surface area (Å²) in [5, 5.41) is 0. The maximum absolute atomic E-state index is 13.8. The molecule has 1 saturated heterocycles. The highest BCUT2D eigenvalue weighted by molar-refractivity contribution is 5.99. The minimum atomic E-state index is -4.49. The van der Waals surface area contributed by atoms with E-state index in [0.29, 0.717) is 54.7 Å². The summed E-state index contributed by atoms with van der Waals surface area (Å²) < 4.78 is 54.5. The van der Waals surface area contributed by atoms with E-state index in [1.54, 1.807) is 30.0 Å². The molecule has 2 aliphatic rings. The van der Waals surface area contributed by atoms with Crippen LogP contribution >= 0.6 is 0 Å². The summed E-state index contributed by atoms with van der Waals surface area (Å²) in [6.45, 7) is 11.4. The maximum Gasteiger partial charge on any atom is 0.419 e. The number of anilines is 1. The number of hydrogen-bond donors (Lipinski definition) is 1. The number of nitrogens with two attached hydrogens (primary N) is 1. The number of aryl methyl sites for hydroxylation is 1. The van der Waals surface area contributed by atoms with Crippen molar-refractivity contribution in [3.8, 4) is 0 Å². The number of benzene rings is 1. The predicted molar refractivity (Wildman–Crippen MR) is 143 cm³/mol. The van der Waals surface area contributed by atoms with Gasteiger partial charge in [0.1, 0.15) is 23.3 Å². The fourth-order valence-corrected chi connectivity index (χ4v) is 4.80. The average molecular weight is 529 g/mol. The van der Waals surface area contributed by atoms with Crippen LogP contribution in [-0.2, 0) is 6.18 Å². The second-order valence-corrected chi connectivity index (χ2v) is 9.57. The van der Waals surface area contributed by atoms with E-state index in [2.05, 4.69) is 42.5 Å². The normalized spacial score (nSPS) is 20.9. The van der Waals surface area contributed by atoms with Crippen LogP contribution in [0.3, 0.4) is 0 Å². The molecule has 2 atom stereocenters. The Morgan fingerprint density at radius 1 is 1.11 bits per heavy atom. The van der Waals surface area contributed by atoms with Crippen molar-refractivity contribution in [3.63, 3.8) is 0 Å². The van der Waals surface area contributed by atoms with Gasteiger partial charge in [0, 0.05) is 56.2 Å². The Morgan fingerprint density at radius 2 is 1.76 bits per heavy atom. The molecule has 1 fully saturated rings. The number of halogens is 4. The van der Waals surface area contributed by atoms with Gasteiger partial charge in [0.2, 0.25) is 0 Å². The van der Waals surface area contributed by atoms with E-state index in [0.717, 1.165) is 6.07 Å². The Hall–Kier alpha value is -3.82. The van der Waals surface area contributed by atoms with E-state index >= 15 is 0 Å². The molecule has 0 radical (unpaired) electrons. The summed E-state index contributed by atoms with van der Waals surface area (Å²) in [4.78, 5) is 14.5. The van der Waals surface area contributed by atoms with Crippen LogP contribution in [0.5, 0.6) is 0 Å². The first kappa shape index (κ1) is 27.2. The van der Waals surface area contributed by atoms with Gasteiger partial charge in [-0.05, 0) is 62.2 Å². The van der Waals surface area contributed by atoms with E-state index in [9.17, 15) is 17.6 Å². The third-order valence-corrected chi connectivity index (χ3v) is 6.86. The molecule has 6 nitrogen and oxygen atoms in total. The molecule has 1 aromatic heterocycles. The lowest BCUT2D eigenvalue weighted by molar-refractivity contribution is -0.137. The van der Waals surface area contributed by atoms with E-state index in [-0.39, 0.29) is 23.7 Å². The first-order valence-corrected chi connectivity index (χ1v) is 12.5. The number of pyridine rings is 1. The number of alkyl halides is 3. The first-order valence-electron chi connectivity index (χ1n) is 12.5. The Kier molecular flexibility index (Phi) is 7.80. The van der Waals surface area contributed by atoms with Crippen molar-refractivity contribution in [2.45, 2.75) is 39.0 Å². The Bertz CT molecular complexity index is 1260. The monoisotopic (exact) mass is 528 g/mol. The van der Waals surface area contributed by atoms with Crippen LogP contribution < -0.4 is 10.6 Å². The van der Waals surface area contributed by atoms with Crippen LogP contribution in [0.1, 0.15) is 30.5 Å². The van der Waals surface area contributed by atoms with E-state index in [1.807, 2.05) is 4.90 Å². The van der Waals surface area contributed by atoms with Crippen molar-refractivity contribution >= 4 is 17.4 Å². The summed E-state index contributed by atoms with van der Waals surface area (Å²) >= 11 is 0. The highest BCUT2D eigenvalue weighted by atomic mass is 19.4. The van der Waals surface area contributed by atoms with Crippen LogP contribution in [0.15, 0.2) is 72.1 Å². The van der Waals surface area contributed by atoms with Crippen LogP contribution in [0, 0.1) is 12.7 Å². The van der Waals surface area contributed by atoms with Crippen LogP contribution in [0.4, 0.5) is 23.4 Å². The molecular formula is C28H32F4N6. The molecule has 3 heterocycles. The SMILES string of the molecule is C=C(/N=C(\C=C(/N)c1ccc(F)c(C)c1)N1CCN(c2ncccc2C(F)(F)F)CC1)N1C(C)C=CC1C. The van der Waals surface area contributed by atoms with Gasteiger partial charge in [0.15, 0.2) is 0 Å². The summed E-state index contributed by atoms with van der Waals surface area (Å²) in [6.07, 6.45) is 2.76. The average Bonchev–Trinajstić information content (AvgIpc) is 3.22. The van der Waals surface area contributed by atoms with Gasteiger partial charge in [-0.15, -0.1) is 0 Å². The highest BCUT2D eigenvalue weighted by Crippen LogP contribution is 2.35. The minimum absolute atomic E-state index is 0.0785. The van der Waals surface area contributed by atoms with Crippen LogP contribution in [-0.4, -0.2) is 58.9 Å². The van der Waals surface area contributed by atoms with Gasteiger partial charge in [0.25, 0.3) is 0 Å². The third kappa shape index (κ3) is 5.84. The van der Waals surface area contributed by atoms with Gasteiger partial charge in [-0.1, -0.05) is 18.7 Å². The fourth-order valence-electron chi connectivity index (χ4n) is 4.80. The largest absolute Gasteiger partial charge is 0.419 e. The molecule has 0 saturated carbocycles. The van der Waals surface area contributed by atoms with Crippen LogP contribution in [0.2, 0.25) is 0 Å². The Morgan fingerprint density at radius 3 is 2.37 bits per heavy atom. The van der Waals surface area contributed by atoms with Gasteiger partial charge in [-0.25, -0.2) is 14.4 Å². The molecule has 4 rings (SSSR count). The minimum Gasteiger partial charge on any atom is -0.398 e. The topological polar surface area (TPSA) is 61.0 Å². The molecule has 0 aliphatic carbocycles. The Balaban J connectivity index is 1.62. The van der Waals surface area contributed by atoms with Gasteiger partial charge >= 0.3 is 6.18 Å². The number of aromatic nitrogens is 1. The lowest BCUT2D eigenvalue weighted by Gasteiger charge is -2.38. The second kappa shape index (κ2) is 10.9. The van der Waals surface area contributed by atoms with Gasteiger partial charge in [0.05, 0.1) is 5.56 Å². The Labute approximate surface area is 220 Å². The van der Waals surface area contributed by atoms with Crippen molar-refractivity contribution in [2.24, 2.45) is 10.7 Å². The molecule has 2 unspecified atom stereocenters. The number of piperazine rings is 1. The second-order valence-electron chi connectivity index (χ2n) is 9.57. The molecule has 0 spiro atoms. The molecule has 10 heteroatoms. The van der Waals surface area contributed by atoms with Gasteiger partial charge < -0.3 is 20.4 Å². The zero-order chi connectivity index (χ0) is 27.6. The lowest BCUT2D eigenvalue weighted by atomic mass is 10.1. The molecule has 0 bridgehead atoms. The highest BCUT2D eigenvalue weighted by Gasteiger charge is 2.36. The van der Waals surface area contributed by atoms with Crippen LogP contribution in [0.25, 0.3) is 5.70 Å². The molecule has 202 valence electrons. The molecule has 38 heavy (non-hydrogen) atoms. The van der Waals surface area contributed by atoms with Crippen molar-refractivity contribution in [1.82, 2.24) is 14.8 Å². The van der Waals surface area contributed by atoms with Crippen molar-refractivity contribution in [1.29, 1.82) is 0 Å².